The van der Waals surface area contributed by atoms with Crippen molar-refractivity contribution in [2.24, 2.45) is 0 Å². The van der Waals surface area contributed by atoms with Crippen molar-refractivity contribution in [3.8, 4) is 0 Å². The third-order valence-electron chi connectivity index (χ3n) is 1.94. The first-order valence-corrected chi connectivity index (χ1v) is 6.69. The second-order valence-electron chi connectivity index (χ2n) is 3.87. The first-order valence-electron chi connectivity index (χ1n) is 5.11. The van der Waals surface area contributed by atoms with Crippen molar-refractivity contribution < 1.29 is 14.7 Å². The highest BCUT2D eigenvalue weighted by Crippen LogP contribution is 2.30. The van der Waals surface area contributed by atoms with E-state index in [4.69, 9.17) is 5.11 Å². The Balaban J connectivity index is 3.07. The monoisotopic (exact) mass is 378 g/mol. The number of rotatable bonds is 3. The molecule has 0 heterocycles. The van der Waals surface area contributed by atoms with Gasteiger partial charge in [-0.2, -0.15) is 0 Å². The molecule has 0 spiro atoms. The van der Waals surface area contributed by atoms with Gasteiger partial charge in [0.1, 0.15) is 0 Å². The third-order valence-corrected chi connectivity index (χ3v) is 3.03. The van der Waals surface area contributed by atoms with E-state index in [0.29, 0.717) is 8.95 Å². The molecule has 5 nitrogen and oxygen atoms in total. The number of carbonyl (C=O) groups is 2. The van der Waals surface area contributed by atoms with Gasteiger partial charge in [0, 0.05) is 15.0 Å². The van der Waals surface area contributed by atoms with E-state index >= 15 is 0 Å². The molecule has 0 saturated heterocycles. The van der Waals surface area contributed by atoms with Crippen LogP contribution in [0.3, 0.4) is 0 Å². The van der Waals surface area contributed by atoms with Gasteiger partial charge >= 0.3 is 12.0 Å². The van der Waals surface area contributed by atoms with E-state index in [0.717, 1.165) is 0 Å². The first-order chi connectivity index (χ1) is 8.31. The van der Waals surface area contributed by atoms with Crippen LogP contribution < -0.4 is 10.6 Å². The van der Waals surface area contributed by atoms with Gasteiger partial charge in [-0.25, -0.2) is 9.59 Å². The molecule has 0 fully saturated rings. The summed E-state index contributed by atoms with van der Waals surface area (Å²) >= 11 is 6.43. The van der Waals surface area contributed by atoms with E-state index in [1.807, 2.05) is 13.8 Å². The minimum Gasteiger partial charge on any atom is -0.478 e. The molecule has 0 bridgehead atoms. The summed E-state index contributed by atoms with van der Waals surface area (Å²) in [4.78, 5) is 22.7. The molecule has 0 unspecified atom stereocenters. The van der Waals surface area contributed by atoms with Crippen molar-refractivity contribution in [1.82, 2.24) is 5.32 Å². The van der Waals surface area contributed by atoms with Crippen LogP contribution in [0.4, 0.5) is 10.5 Å². The number of amides is 2. The Bertz CT molecular complexity index is 489. The minimum absolute atomic E-state index is 0.00940. The standard InChI is InChI=1S/C11H12Br2N2O3/c1-5(2)14-11(18)15-9-7(10(16)17)3-6(12)4-8(9)13/h3-5H,1-2H3,(H,16,17)(H2,14,15,18). The lowest BCUT2D eigenvalue weighted by Gasteiger charge is -2.13. The number of carbonyl (C=O) groups excluding carboxylic acids is 1. The summed E-state index contributed by atoms with van der Waals surface area (Å²) in [5.74, 6) is -1.11. The van der Waals surface area contributed by atoms with Crippen molar-refractivity contribution in [2.45, 2.75) is 19.9 Å². The van der Waals surface area contributed by atoms with Gasteiger partial charge in [0.2, 0.25) is 0 Å². The fourth-order valence-electron chi connectivity index (χ4n) is 1.28. The first kappa shape index (κ1) is 15.0. The maximum absolute atomic E-state index is 11.6. The summed E-state index contributed by atoms with van der Waals surface area (Å²) in [5, 5.41) is 14.2. The Hall–Kier alpha value is -1.08. The van der Waals surface area contributed by atoms with Crippen LogP contribution in [-0.2, 0) is 0 Å². The van der Waals surface area contributed by atoms with Gasteiger partial charge in [0.25, 0.3) is 0 Å². The van der Waals surface area contributed by atoms with Crippen LogP contribution in [0.5, 0.6) is 0 Å². The van der Waals surface area contributed by atoms with Crippen LogP contribution in [0.15, 0.2) is 21.1 Å². The number of nitrogens with one attached hydrogen (secondary N) is 2. The van der Waals surface area contributed by atoms with Gasteiger partial charge in [-0.05, 0) is 41.9 Å². The van der Waals surface area contributed by atoms with Crippen LogP contribution >= 0.6 is 31.9 Å². The molecule has 2 amide bonds. The van der Waals surface area contributed by atoms with E-state index in [-0.39, 0.29) is 17.3 Å². The number of anilines is 1. The second-order valence-corrected chi connectivity index (χ2v) is 5.64. The van der Waals surface area contributed by atoms with Gasteiger partial charge in [-0.15, -0.1) is 0 Å². The van der Waals surface area contributed by atoms with E-state index < -0.39 is 12.0 Å². The van der Waals surface area contributed by atoms with Crippen LogP contribution in [-0.4, -0.2) is 23.1 Å². The van der Waals surface area contributed by atoms with Crippen LogP contribution in [0.1, 0.15) is 24.2 Å². The number of carboxylic acids is 1. The molecule has 3 N–H and O–H groups in total. The number of urea groups is 1. The zero-order valence-electron chi connectivity index (χ0n) is 9.75. The molecule has 1 aromatic rings. The lowest BCUT2D eigenvalue weighted by molar-refractivity contribution is 0.0698. The second kappa shape index (κ2) is 6.19. The van der Waals surface area contributed by atoms with Gasteiger partial charge in [0.15, 0.2) is 0 Å². The number of carboxylic acid groups (broad SMARTS) is 1. The zero-order valence-corrected chi connectivity index (χ0v) is 12.9. The molecule has 0 aliphatic carbocycles. The lowest BCUT2D eigenvalue weighted by Crippen LogP contribution is -2.34. The number of benzene rings is 1. The summed E-state index contributed by atoms with van der Waals surface area (Å²) in [5.41, 5.74) is 0.235. The predicted molar refractivity (Wildman–Crippen MR) is 76.1 cm³/mol. The summed E-state index contributed by atoms with van der Waals surface area (Å²) in [6, 6.07) is 2.61. The van der Waals surface area contributed by atoms with Crippen LogP contribution in [0, 0.1) is 0 Å². The lowest BCUT2D eigenvalue weighted by atomic mass is 10.2. The molecule has 0 atom stereocenters. The van der Waals surface area contributed by atoms with Gasteiger partial charge in [-0.1, -0.05) is 15.9 Å². The quantitative estimate of drug-likeness (QED) is 0.752. The fraction of sp³-hybridized carbons (Fsp3) is 0.273. The number of hydrogen-bond acceptors (Lipinski definition) is 2. The van der Waals surface area contributed by atoms with E-state index in [1.165, 1.54) is 6.07 Å². The van der Waals surface area contributed by atoms with Crippen molar-refractivity contribution in [1.29, 1.82) is 0 Å². The summed E-state index contributed by atoms with van der Waals surface area (Å²) < 4.78 is 1.11. The molecule has 0 saturated carbocycles. The number of aromatic carboxylic acids is 1. The predicted octanol–water partition coefficient (Wildman–Crippen LogP) is 3.44. The van der Waals surface area contributed by atoms with Crippen molar-refractivity contribution in [2.75, 3.05) is 5.32 Å². The Morgan fingerprint density at radius 3 is 2.39 bits per heavy atom. The van der Waals surface area contributed by atoms with Gasteiger partial charge in [-0.3, -0.25) is 0 Å². The molecule has 0 aromatic heterocycles. The molecule has 0 aliphatic rings. The minimum atomic E-state index is -1.11. The number of hydrogen-bond donors (Lipinski definition) is 3. The Kier molecular flexibility index (Phi) is 5.15. The van der Waals surface area contributed by atoms with E-state index in [2.05, 4.69) is 42.5 Å². The SMILES string of the molecule is CC(C)NC(=O)Nc1c(Br)cc(Br)cc1C(=O)O. The molecule has 7 heteroatoms. The van der Waals surface area contributed by atoms with Gasteiger partial charge < -0.3 is 15.7 Å². The van der Waals surface area contributed by atoms with Gasteiger partial charge in [0.05, 0.1) is 11.3 Å². The molecular formula is C11H12Br2N2O3. The highest BCUT2D eigenvalue weighted by atomic mass is 79.9. The summed E-state index contributed by atoms with van der Waals surface area (Å²) in [6.45, 7) is 3.63. The molecule has 0 radical (unpaired) electrons. The molecule has 98 valence electrons. The fourth-order valence-corrected chi connectivity index (χ4v) is 2.61. The van der Waals surface area contributed by atoms with Crippen molar-refractivity contribution >= 4 is 49.5 Å². The van der Waals surface area contributed by atoms with E-state index in [1.54, 1.807) is 6.07 Å². The van der Waals surface area contributed by atoms with E-state index in [9.17, 15) is 9.59 Å². The van der Waals surface area contributed by atoms with Crippen LogP contribution in [0.2, 0.25) is 0 Å². The Labute approximate surface area is 121 Å². The normalized spacial score (nSPS) is 10.3. The van der Waals surface area contributed by atoms with Crippen LogP contribution in [0.25, 0.3) is 0 Å². The summed E-state index contributed by atoms with van der Waals surface area (Å²) in [7, 11) is 0. The van der Waals surface area contributed by atoms with Crippen molar-refractivity contribution in [3.05, 3.63) is 26.6 Å². The largest absolute Gasteiger partial charge is 0.478 e. The highest BCUT2D eigenvalue weighted by Gasteiger charge is 2.17. The Morgan fingerprint density at radius 2 is 1.89 bits per heavy atom. The summed E-state index contributed by atoms with van der Waals surface area (Å²) in [6.07, 6.45) is 0. The average Bonchev–Trinajstić information content (AvgIpc) is 2.20. The molecule has 0 aliphatic heterocycles. The highest BCUT2D eigenvalue weighted by molar-refractivity contribution is 9.11. The zero-order chi connectivity index (χ0) is 13.9. The maximum atomic E-state index is 11.6. The molecule has 1 aromatic carbocycles. The number of halogens is 2. The third kappa shape index (κ3) is 3.99. The topological polar surface area (TPSA) is 78.4 Å². The van der Waals surface area contributed by atoms with Crippen molar-refractivity contribution in [3.63, 3.8) is 0 Å². The molecule has 1 rings (SSSR count). The molecular weight excluding hydrogens is 368 g/mol. The molecule has 18 heavy (non-hydrogen) atoms. The Morgan fingerprint density at radius 1 is 1.28 bits per heavy atom. The maximum Gasteiger partial charge on any atom is 0.337 e. The average molecular weight is 380 g/mol. The smallest absolute Gasteiger partial charge is 0.337 e.